The molecule has 104 valence electrons. The molecule has 0 amide bonds. The van der Waals surface area contributed by atoms with E-state index >= 15 is 0 Å². The van der Waals surface area contributed by atoms with Gasteiger partial charge in [0.1, 0.15) is 17.2 Å². The Kier molecular flexibility index (Phi) is 3.48. The predicted octanol–water partition coefficient (Wildman–Crippen LogP) is 4.57. The Morgan fingerprint density at radius 3 is 1.38 bits per heavy atom. The van der Waals surface area contributed by atoms with E-state index in [0.29, 0.717) is 5.69 Å². The summed E-state index contributed by atoms with van der Waals surface area (Å²) in [6.07, 6.45) is 0. The highest BCUT2D eigenvalue weighted by Gasteiger charge is 2.18. The first kappa shape index (κ1) is 13.1. The minimum Gasteiger partial charge on any atom is -0.506 e. The minimum absolute atomic E-state index is 0.0303. The van der Waals surface area contributed by atoms with Gasteiger partial charge in [-0.1, -0.05) is 42.5 Å². The molecule has 0 aliphatic rings. The molecule has 3 nitrogen and oxygen atoms in total. The van der Waals surface area contributed by atoms with Crippen molar-refractivity contribution in [1.82, 2.24) is 0 Å². The zero-order chi connectivity index (χ0) is 14.7. The Labute approximate surface area is 123 Å². The molecule has 3 aromatic carbocycles. The van der Waals surface area contributed by atoms with Crippen LogP contribution in [0.15, 0.2) is 78.9 Å². The number of hydrogen-bond acceptors (Lipinski definition) is 3. The maximum Gasteiger partial charge on any atom is 0.143 e. The second-order valence-electron chi connectivity index (χ2n) is 4.65. The molecule has 0 bridgehead atoms. The monoisotopic (exact) mass is 277 g/mol. The van der Waals surface area contributed by atoms with Crippen LogP contribution in [-0.2, 0) is 0 Å². The number of benzene rings is 3. The van der Waals surface area contributed by atoms with Gasteiger partial charge in [0.05, 0.1) is 0 Å². The fourth-order valence-corrected chi connectivity index (χ4v) is 2.31. The van der Waals surface area contributed by atoms with Crippen molar-refractivity contribution in [3.63, 3.8) is 0 Å². The summed E-state index contributed by atoms with van der Waals surface area (Å²) in [7, 11) is 0. The van der Waals surface area contributed by atoms with Gasteiger partial charge in [0, 0.05) is 11.4 Å². The van der Waals surface area contributed by atoms with Gasteiger partial charge in [0.25, 0.3) is 0 Å². The molecule has 2 N–H and O–H groups in total. The summed E-state index contributed by atoms with van der Waals surface area (Å²) in [4.78, 5) is 1.82. The lowest BCUT2D eigenvalue weighted by Gasteiger charge is -2.26. The van der Waals surface area contributed by atoms with Crippen molar-refractivity contribution >= 4 is 17.1 Å². The summed E-state index contributed by atoms with van der Waals surface area (Å²) in [5, 5.41) is 20.4. The van der Waals surface area contributed by atoms with Crippen molar-refractivity contribution in [2.45, 2.75) is 0 Å². The number of aromatic hydroxyl groups is 2. The molecule has 3 rings (SSSR count). The molecule has 0 atom stereocenters. The molecule has 3 heteroatoms. The average molecular weight is 277 g/mol. The first-order chi connectivity index (χ1) is 10.3. The Morgan fingerprint density at radius 1 is 0.524 bits per heavy atom. The van der Waals surface area contributed by atoms with Crippen molar-refractivity contribution in [3.8, 4) is 11.5 Å². The van der Waals surface area contributed by atoms with E-state index in [1.807, 2.05) is 65.6 Å². The number of phenolic OH excluding ortho intramolecular Hbond substituents is 2. The van der Waals surface area contributed by atoms with E-state index < -0.39 is 0 Å². The van der Waals surface area contributed by atoms with Gasteiger partial charge in [-0.2, -0.15) is 0 Å². The molecule has 0 saturated carbocycles. The molecule has 0 aliphatic carbocycles. The highest BCUT2D eigenvalue weighted by atomic mass is 16.3. The molecule has 0 unspecified atom stereocenters. The summed E-state index contributed by atoms with van der Waals surface area (Å²) in [6.45, 7) is 0. The van der Waals surface area contributed by atoms with Gasteiger partial charge in [-0.3, -0.25) is 0 Å². The summed E-state index contributed by atoms with van der Waals surface area (Å²) in [5.74, 6) is 0.0606. The van der Waals surface area contributed by atoms with Crippen LogP contribution < -0.4 is 4.90 Å². The maximum absolute atomic E-state index is 10.2. The molecule has 3 aromatic rings. The summed E-state index contributed by atoms with van der Waals surface area (Å²) < 4.78 is 0. The molecule has 21 heavy (non-hydrogen) atoms. The SMILES string of the molecule is Oc1cccc(O)c1N(c1ccccc1)c1ccccc1. The van der Waals surface area contributed by atoms with Crippen LogP contribution in [0.3, 0.4) is 0 Å². The first-order valence-corrected chi connectivity index (χ1v) is 6.68. The summed E-state index contributed by atoms with van der Waals surface area (Å²) >= 11 is 0. The largest absolute Gasteiger partial charge is 0.506 e. The van der Waals surface area contributed by atoms with Crippen molar-refractivity contribution < 1.29 is 10.2 Å². The molecular formula is C18H15NO2. The zero-order valence-corrected chi connectivity index (χ0v) is 11.3. The number of para-hydroxylation sites is 3. The third-order valence-corrected chi connectivity index (χ3v) is 3.25. The highest BCUT2D eigenvalue weighted by molar-refractivity contribution is 5.83. The molecule has 0 heterocycles. The van der Waals surface area contributed by atoms with E-state index in [4.69, 9.17) is 0 Å². The Bertz CT molecular complexity index is 667. The second-order valence-corrected chi connectivity index (χ2v) is 4.65. The van der Waals surface area contributed by atoms with Crippen LogP contribution in [0.25, 0.3) is 0 Å². The molecule has 0 saturated heterocycles. The maximum atomic E-state index is 10.2. The minimum atomic E-state index is 0.0303. The highest BCUT2D eigenvalue weighted by Crippen LogP contribution is 2.44. The average Bonchev–Trinajstić information content (AvgIpc) is 2.53. The van der Waals surface area contributed by atoms with Crippen molar-refractivity contribution in [3.05, 3.63) is 78.9 Å². The number of phenols is 2. The number of rotatable bonds is 3. The van der Waals surface area contributed by atoms with Crippen molar-refractivity contribution in [2.24, 2.45) is 0 Å². The fourth-order valence-electron chi connectivity index (χ4n) is 2.31. The molecule has 0 spiro atoms. The molecule has 0 aliphatic heterocycles. The van der Waals surface area contributed by atoms with Crippen LogP contribution >= 0.6 is 0 Å². The van der Waals surface area contributed by atoms with Crippen LogP contribution in [0.2, 0.25) is 0 Å². The van der Waals surface area contributed by atoms with Crippen molar-refractivity contribution in [1.29, 1.82) is 0 Å². The fraction of sp³-hybridized carbons (Fsp3) is 0. The Hall–Kier alpha value is -2.94. The normalized spacial score (nSPS) is 10.3. The Balaban J connectivity index is 2.23. The quantitative estimate of drug-likeness (QED) is 0.737. The van der Waals surface area contributed by atoms with E-state index in [9.17, 15) is 10.2 Å². The number of anilines is 3. The summed E-state index contributed by atoms with van der Waals surface area (Å²) in [5.41, 5.74) is 2.09. The third kappa shape index (κ3) is 2.54. The molecule has 0 aromatic heterocycles. The van der Waals surface area contributed by atoms with Crippen molar-refractivity contribution in [2.75, 3.05) is 4.90 Å². The zero-order valence-electron chi connectivity index (χ0n) is 11.3. The molecular weight excluding hydrogens is 262 g/mol. The summed E-state index contributed by atoms with van der Waals surface area (Å²) in [6, 6.07) is 24.0. The lowest BCUT2D eigenvalue weighted by molar-refractivity contribution is 0.453. The lowest BCUT2D eigenvalue weighted by atomic mass is 10.1. The number of hydrogen-bond donors (Lipinski definition) is 2. The van der Waals surface area contributed by atoms with Gasteiger partial charge in [0.2, 0.25) is 0 Å². The van der Waals surface area contributed by atoms with Crippen LogP contribution in [0, 0.1) is 0 Å². The van der Waals surface area contributed by atoms with Gasteiger partial charge < -0.3 is 15.1 Å². The first-order valence-electron chi connectivity index (χ1n) is 6.68. The van der Waals surface area contributed by atoms with E-state index in [0.717, 1.165) is 11.4 Å². The van der Waals surface area contributed by atoms with Crippen LogP contribution in [0.5, 0.6) is 11.5 Å². The smallest absolute Gasteiger partial charge is 0.143 e. The van der Waals surface area contributed by atoms with Gasteiger partial charge in [-0.15, -0.1) is 0 Å². The van der Waals surface area contributed by atoms with E-state index in [2.05, 4.69) is 0 Å². The third-order valence-electron chi connectivity index (χ3n) is 3.25. The van der Waals surface area contributed by atoms with E-state index in [1.54, 1.807) is 18.2 Å². The van der Waals surface area contributed by atoms with Gasteiger partial charge in [0.15, 0.2) is 0 Å². The van der Waals surface area contributed by atoms with Gasteiger partial charge in [-0.25, -0.2) is 0 Å². The van der Waals surface area contributed by atoms with E-state index in [1.165, 1.54) is 0 Å². The molecule has 0 fully saturated rings. The molecule has 0 radical (unpaired) electrons. The van der Waals surface area contributed by atoms with Gasteiger partial charge >= 0.3 is 0 Å². The predicted molar refractivity (Wildman–Crippen MR) is 84.5 cm³/mol. The van der Waals surface area contributed by atoms with Crippen LogP contribution in [0.1, 0.15) is 0 Å². The lowest BCUT2D eigenvalue weighted by Crippen LogP contribution is -2.10. The van der Waals surface area contributed by atoms with Gasteiger partial charge in [-0.05, 0) is 36.4 Å². The van der Waals surface area contributed by atoms with Crippen LogP contribution in [-0.4, -0.2) is 10.2 Å². The van der Waals surface area contributed by atoms with E-state index in [-0.39, 0.29) is 11.5 Å². The topological polar surface area (TPSA) is 43.7 Å². The Morgan fingerprint density at radius 2 is 0.952 bits per heavy atom. The second kappa shape index (κ2) is 5.59. The van der Waals surface area contributed by atoms with Crippen LogP contribution in [0.4, 0.5) is 17.1 Å². The number of nitrogens with zero attached hydrogens (tertiary/aromatic N) is 1. The standard InChI is InChI=1S/C18H15NO2/c20-16-12-7-13-17(21)18(16)19(14-8-3-1-4-9-14)15-10-5-2-6-11-15/h1-13,20-21H.